The standard InChI is InChI=1S/C21H16Cl4N4O/c22-12-3-5-16(14(24)8-12)26-27-21(30)19-18-10-1-2-11(7-10)20(18)29(28-19)17-6-4-13(23)9-15(17)25/h3-6,8-11,26H,1-2,7H2,(H,27,30)/t10-,11-/m0/s1. The first kappa shape index (κ1) is 20.0. The largest absolute Gasteiger partial charge is 0.297 e. The second-order valence-electron chi connectivity index (χ2n) is 7.57. The predicted octanol–water partition coefficient (Wildman–Crippen LogP) is 6.61. The van der Waals surface area contributed by atoms with Crippen LogP contribution in [0.1, 0.15) is 52.8 Å². The number of aromatic nitrogens is 2. The van der Waals surface area contributed by atoms with Crippen LogP contribution in [0.5, 0.6) is 0 Å². The van der Waals surface area contributed by atoms with Gasteiger partial charge in [-0.1, -0.05) is 46.4 Å². The van der Waals surface area contributed by atoms with E-state index in [0.29, 0.717) is 43.3 Å². The van der Waals surface area contributed by atoms with Gasteiger partial charge in [-0.2, -0.15) is 5.10 Å². The van der Waals surface area contributed by atoms with E-state index in [1.54, 1.807) is 30.3 Å². The lowest BCUT2D eigenvalue weighted by Crippen LogP contribution is -2.30. The van der Waals surface area contributed by atoms with Crippen molar-refractivity contribution in [2.75, 3.05) is 5.43 Å². The maximum atomic E-state index is 13.0. The minimum atomic E-state index is -0.325. The van der Waals surface area contributed by atoms with Gasteiger partial charge in [-0.3, -0.25) is 15.6 Å². The maximum Gasteiger partial charge on any atom is 0.290 e. The molecule has 1 heterocycles. The zero-order valence-corrected chi connectivity index (χ0v) is 18.6. The van der Waals surface area contributed by atoms with Crippen molar-refractivity contribution in [2.45, 2.75) is 31.1 Å². The van der Waals surface area contributed by atoms with Crippen LogP contribution in [0.2, 0.25) is 20.1 Å². The fourth-order valence-electron chi connectivity index (χ4n) is 4.51. The highest BCUT2D eigenvalue weighted by Crippen LogP contribution is 2.54. The Hall–Kier alpha value is -1.92. The molecule has 2 bridgehead atoms. The van der Waals surface area contributed by atoms with Gasteiger partial charge < -0.3 is 0 Å². The molecule has 5 nitrogen and oxygen atoms in total. The maximum absolute atomic E-state index is 13.0. The summed E-state index contributed by atoms with van der Waals surface area (Å²) in [5.74, 6) is 0.391. The number of hydrogen-bond acceptors (Lipinski definition) is 3. The number of fused-ring (bicyclic) bond motifs is 5. The summed E-state index contributed by atoms with van der Waals surface area (Å²) < 4.78 is 1.81. The zero-order chi connectivity index (χ0) is 21.0. The Labute approximate surface area is 193 Å². The number of anilines is 1. The normalized spacial score (nSPS) is 19.1. The number of benzene rings is 2. The van der Waals surface area contributed by atoms with Crippen LogP contribution in [0.3, 0.4) is 0 Å². The van der Waals surface area contributed by atoms with E-state index in [2.05, 4.69) is 16.0 Å². The zero-order valence-electron chi connectivity index (χ0n) is 15.6. The van der Waals surface area contributed by atoms with E-state index in [9.17, 15) is 4.79 Å². The molecule has 0 radical (unpaired) electrons. The lowest BCUT2D eigenvalue weighted by atomic mass is 9.95. The fourth-order valence-corrected chi connectivity index (χ4v) is 5.45. The van der Waals surface area contributed by atoms with Gasteiger partial charge in [-0.25, -0.2) is 4.68 Å². The molecule has 2 aliphatic rings. The average molecular weight is 482 g/mol. The lowest BCUT2D eigenvalue weighted by molar-refractivity contribution is 0.0956. The third-order valence-corrected chi connectivity index (χ3v) is 6.87. The first-order valence-electron chi connectivity index (χ1n) is 9.52. The summed E-state index contributed by atoms with van der Waals surface area (Å²) in [7, 11) is 0. The summed E-state index contributed by atoms with van der Waals surface area (Å²) in [5.41, 5.74) is 9.32. The number of nitrogens with zero attached hydrogens (tertiary/aromatic N) is 2. The molecule has 9 heteroatoms. The topological polar surface area (TPSA) is 59.0 Å². The minimum absolute atomic E-state index is 0.325. The molecule has 2 aromatic carbocycles. The van der Waals surface area contributed by atoms with E-state index in [1.165, 1.54) is 0 Å². The Balaban J connectivity index is 1.50. The highest BCUT2D eigenvalue weighted by Gasteiger charge is 2.44. The number of carbonyl (C=O) groups excluding carboxylic acids is 1. The summed E-state index contributed by atoms with van der Waals surface area (Å²) in [5, 5.41) is 6.64. The van der Waals surface area contributed by atoms with Gasteiger partial charge in [0, 0.05) is 21.5 Å². The van der Waals surface area contributed by atoms with Crippen LogP contribution in [0.25, 0.3) is 5.69 Å². The molecule has 1 aromatic heterocycles. The molecule has 1 saturated carbocycles. The van der Waals surface area contributed by atoms with Gasteiger partial charge in [0.1, 0.15) is 0 Å². The van der Waals surface area contributed by atoms with Gasteiger partial charge >= 0.3 is 0 Å². The van der Waals surface area contributed by atoms with E-state index in [4.69, 9.17) is 46.4 Å². The van der Waals surface area contributed by atoms with Crippen molar-refractivity contribution in [1.82, 2.24) is 15.2 Å². The van der Waals surface area contributed by atoms with Crippen molar-refractivity contribution in [3.8, 4) is 5.69 Å². The second-order valence-corrected chi connectivity index (χ2v) is 9.25. The molecular weight excluding hydrogens is 466 g/mol. The smallest absolute Gasteiger partial charge is 0.290 e. The number of amides is 1. The molecule has 0 unspecified atom stereocenters. The van der Waals surface area contributed by atoms with Crippen molar-refractivity contribution in [3.05, 3.63) is 73.4 Å². The molecule has 30 heavy (non-hydrogen) atoms. The summed E-state index contributed by atoms with van der Waals surface area (Å²) in [6, 6.07) is 10.3. The number of rotatable bonds is 4. The quantitative estimate of drug-likeness (QED) is 0.412. The SMILES string of the molecule is O=C(NNc1ccc(Cl)cc1Cl)c1nn(-c2ccc(Cl)cc2Cl)c2c1[C@H]1CC[C@H]2C1. The van der Waals surface area contributed by atoms with Gasteiger partial charge in [-0.05, 0) is 61.6 Å². The third-order valence-electron chi connectivity index (χ3n) is 5.78. The molecule has 0 aliphatic heterocycles. The summed E-state index contributed by atoms with van der Waals surface area (Å²) in [4.78, 5) is 13.0. The van der Waals surface area contributed by atoms with Crippen LogP contribution in [0.4, 0.5) is 5.69 Å². The monoisotopic (exact) mass is 480 g/mol. The summed E-state index contributed by atoms with van der Waals surface area (Å²) >= 11 is 24.6. The van der Waals surface area contributed by atoms with Gasteiger partial charge in [0.15, 0.2) is 5.69 Å². The molecule has 5 rings (SSSR count). The van der Waals surface area contributed by atoms with E-state index >= 15 is 0 Å². The number of hydrazine groups is 1. The fraction of sp³-hybridized carbons (Fsp3) is 0.238. The first-order valence-corrected chi connectivity index (χ1v) is 11.0. The molecular formula is C21H16Cl4N4O. The number of nitrogens with one attached hydrogen (secondary N) is 2. The van der Waals surface area contributed by atoms with Crippen LogP contribution in [0, 0.1) is 0 Å². The van der Waals surface area contributed by atoms with Gasteiger partial charge in [0.25, 0.3) is 5.91 Å². The van der Waals surface area contributed by atoms with E-state index < -0.39 is 0 Å². The lowest BCUT2D eigenvalue weighted by Gasteiger charge is -2.15. The van der Waals surface area contributed by atoms with Crippen molar-refractivity contribution >= 4 is 58.0 Å². The van der Waals surface area contributed by atoms with Crippen LogP contribution < -0.4 is 10.9 Å². The Kier molecular flexibility index (Phi) is 5.10. The molecule has 2 N–H and O–H groups in total. The van der Waals surface area contributed by atoms with Gasteiger partial charge in [-0.15, -0.1) is 0 Å². The van der Waals surface area contributed by atoms with Crippen LogP contribution in [0.15, 0.2) is 36.4 Å². The summed E-state index contributed by atoms with van der Waals surface area (Å²) in [6.45, 7) is 0. The van der Waals surface area contributed by atoms with Crippen molar-refractivity contribution in [1.29, 1.82) is 0 Å². The highest BCUT2D eigenvalue weighted by molar-refractivity contribution is 6.36. The molecule has 1 fully saturated rings. The molecule has 0 spiro atoms. The number of carbonyl (C=O) groups is 1. The number of hydrogen-bond donors (Lipinski definition) is 2. The second kappa shape index (κ2) is 7.65. The van der Waals surface area contributed by atoms with Crippen LogP contribution >= 0.6 is 46.4 Å². The first-order chi connectivity index (χ1) is 14.4. The van der Waals surface area contributed by atoms with Crippen molar-refractivity contribution < 1.29 is 4.79 Å². The Bertz CT molecular complexity index is 1180. The predicted molar refractivity (Wildman–Crippen MR) is 120 cm³/mol. The minimum Gasteiger partial charge on any atom is -0.297 e. The summed E-state index contributed by atoms with van der Waals surface area (Å²) in [6.07, 6.45) is 3.19. The third kappa shape index (κ3) is 3.34. The molecule has 2 aliphatic carbocycles. The van der Waals surface area contributed by atoms with Gasteiger partial charge in [0.2, 0.25) is 0 Å². The van der Waals surface area contributed by atoms with Crippen LogP contribution in [-0.4, -0.2) is 15.7 Å². The average Bonchev–Trinajstić information content (AvgIpc) is 3.40. The molecule has 3 aromatic rings. The molecule has 154 valence electrons. The van der Waals surface area contributed by atoms with E-state index in [-0.39, 0.29) is 5.91 Å². The van der Waals surface area contributed by atoms with Crippen molar-refractivity contribution in [2.24, 2.45) is 0 Å². The van der Waals surface area contributed by atoms with Gasteiger partial charge in [0.05, 0.1) is 27.1 Å². The molecule has 1 amide bonds. The van der Waals surface area contributed by atoms with E-state index in [1.807, 2.05) is 10.7 Å². The Morgan fingerprint density at radius 3 is 2.40 bits per heavy atom. The highest BCUT2D eigenvalue weighted by atomic mass is 35.5. The molecule has 0 saturated heterocycles. The van der Waals surface area contributed by atoms with E-state index in [0.717, 1.165) is 36.2 Å². The molecule has 2 atom stereocenters. The number of halogens is 4. The Morgan fingerprint density at radius 2 is 1.67 bits per heavy atom. The van der Waals surface area contributed by atoms with Crippen LogP contribution in [-0.2, 0) is 0 Å². The van der Waals surface area contributed by atoms with Crippen molar-refractivity contribution in [3.63, 3.8) is 0 Å². The Morgan fingerprint density at radius 1 is 0.967 bits per heavy atom.